The van der Waals surface area contributed by atoms with Crippen molar-refractivity contribution in [2.45, 2.75) is 26.6 Å². The van der Waals surface area contributed by atoms with Crippen LogP contribution in [0.15, 0.2) is 47.0 Å². The molecule has 0 bridgehead atoms. The molecule has 3 aromatic rings. The van der Waals surface area contributed by atoms with Crippen molar-refractivity contribution in [3.05, 3.63) is 65.0 Å². The summed E-state index contributed by atoms with van der Waals surface area (Å²) in [6, 6.07) is 10.3. The number of hydrogen-bond acceptors (Lipinski definition) is 4. The van der Waals surface area contributed by atoms with Crippen molar-refractivity contribution in [2.75, 3.05) is 0 Å². The Labute approximate surface area is 142 Å². The smallest absolute Gasteiger partial charge is 0.416 e. The molecule has 0 fully saturated rings. The number of ether oxygens (including phenoxy) is 1. The Kier molecular flexibility index (Phi) is 4.48. The molecule has 0 aliphatic rings. The number of alkyl halides is 3. The Morgan fingerprint density at radius 3 is 2.36 bits per heavy atom. The lowest BCUT2D eigenvalue weighted by Crippen LogP contribution is -2.04. The molecular weight excluding hydrogens is 333 g/mol. The van der Waals surface area contributed by atoms with E-state index in [4.69, 9.17) is 9.26 Å². The minimum absolute atomic E-state index is 0.0795. The fourth-order valence-corrected chi connectivity index (χ4v) is 2.19. The Bertz CT molecular complexity index is 871. The Morgan fingerprint density at radius 2 is 1.72 bits per heavy atom. The minimum atomic E-state index is -4.37. The van der Waals surface area contributed by atoms with Crippen LogP contribution in [0.1, 0.15) is 22.6 Å². The van der Waals surface area contributed by atoms with Crippen LogP contribution in [0.2, 0.25) is 0 Å². The van der Waals surface area contributed by atoms with E-state index < -0.39 is 11.7 Å². The average Bonchev–Trinajstić information content (AvgIpc) is 3.04. The SMILES string of the molecule is Cc1ccc(OCc2nc(-c3ccc(C(F)(F)F)cc3)no2)cc1C. The third-order valence-corrected chi connectivity index (χ3v) is 3.78. The lowest BCUT2D eigenvalue weighted by molar-refractivity contribution is -0.137. The zero-order valence-electron chi connectivity index (χ0n) is 13.6. The van der Waals surface area contributed by atoms with Gasteiger partial charge in [0, 0.05) is 5.56 Å². The molecule has 25 heavy (non-hydrogen) atoms. The van der Waals surface area contributed by atoms with E-state index in [1.807, 2.05) is 32.0 Å². The molecule has 0 unspecified atom stereocenters. The van der Waals surface area contributed by atoms with Gasteiger partial charge in [0.15, 0.2) is 6.61 Å². The van der Waals surface area contributed by atoms with Crippen molar-refractivity contribution in [1.82, 2.24) is 10.1 Å². The van der Waals surface area contributed by atoms with Crippen LogP contribution >= 0.6 is 0 Å². The highest BCUT2D eigenvalue weighted by atomic mass is 19.4. The molecule has 3 rings (SSSR count). The van der Waals surface area contributed by atoms with Crippen molar-refractivity contribution >= 4 is 0 Å². The first-order valence-electron chi connectivity index (χ1n) is 7.53. The highest BCUT2D eigenvalue weighted by molar-refractivity contribution is 5.54. The van der Waals surface area contributed by atoms with Crippen LogP contribution in [-0.4, -0.2) is 10.1 Å². The molecule has 1 aromatic heterocycles. The molecule has 130 valence electrons. The molecule has 4 nitrogen and oxygen atoms in total. The first-order chi connectivity index (χ1) is 11.8. The van der Waals surface area contributed by atoms with Gasteiger partial charge in [0.05, 0.1) is 5.56 Å². The summed E-state index contributed by atoms with van der Waals surface area (Å²) in [5.74, 6) is 1.14. The molecule has 0 amide bonds. The summed E-state index contributed by atoms with van der Waals surface area (Å²) in [5, 5.41) is 3.77. The van der Waals surface area contributed by atoms with Crippen molar-refractivity contribution in [2.24, 2.45) is 0 Å². The number of hydrogen-bond donors (Lipinski definition) is 0. The molecule has 0 aliphatic carbocycles. The molecule has 7 heteroatoms. The summed E-state index contributed by atoms with van der Waals surface area (Å²) in [7, 11) is 0. The van der Waals surface area contributed by atoms with Gasteiger partial charge in [0.1, 0.15) is 5.75 Å². The van der Waals surface area contributed by atoms with Gasteiger partial charge in [-0.15, -0.1) is 0 Å². The van der Waals surface area contributed by atoms with Crippen LogP contribution in [0.3, 0.4) is 0 Å². The third-order valence-electron chi connectivity index (χ3n) is 3.78. The molecule has 2 aromatic carbocycles. The number of rotatable bonds is 4. The second-order valence-electron chi connectivity index (χ2n) is 5.62. The summed E-state index contributed by atoms with van der Waals surface area (Å²) in [6.45, 7) is 4.07. The number of aryl methyl sites for hydroxylation is 2. The van der Waals surface area contributed by atoms with Crippen molar-refractivity contribution < 1.29 is 22.4 Å². The van der Waals surface area contributed by atoms with Crippen LogP contribution < -0.4 is 4.74 Å². The zero-order chi connectivity index (χ0) is 18.0. The Morgan fingerprint density at radius 1 is 1.00 bits per heavy atom. The highest BCUT2D eigenvalue weighted by Gasteiger charge is 2.30. The minimum Gasteiger partial charge on any atom is -0.484 e. The maximum atomic E-state index is 12.6. The van der Waals surface area contributed by atoms with Gasteiger partial charge in [-0.3, -0.25) is 0 Å². The van der Waals surface area contributed by atoms with Crippen molar-refractivity contribution in [3.8, 4) is 17.1 Å². The zero-order valence-corrected chi connectivity index (χ0v) is 13.6. The highest BCUT2D eigenvalue weighted by Crippen LogP contribution is 2.30. The Hall–Kier alpha value is -2.83. The van der Waals surface area contributed by atoms with E-state index in [0.29, 0.717) is 11.3 Å². The maximum Gasteiger partial charge on any atom is 0.416 e. The fourth-order valence-electron chi connectivity index (χ4n) is 2.19. The van der Waals surface area contributed by atoms with E-state index in [1.165, 1.54) is 12.1 Å². The van der Waals surface area contributed by atoms with E-state index >= 15 is 0 Å². The van der Waals surface area contributed by atoms with Gasteiger partial charge in [-0.25, -0.2) is 0 Å². The molecule has 0 spiro atoms. The summed E-state index contributed by atoms with van der Waals surface area (Å²) >= 11 is 0. The van der Waals surface area contributed by atoms with Gasteiger partial charge >= 0.3 is 6.18 Å². The normalized spacial score (nSPS) is 11.6. The van der Waals surface area contributed by atoms with E-state index in [0.717, 1.165) is 23.3 Å². The van der Waals surface area contributed by atoms with Crippen LogP contribution in [0.25, 0.3) is 11.4 Å². The molecule has 0 atom stereocenters. The molecule has 0 saturated carbocycles. The summed E-state index contributed by atoms with van der Waals surface area (Å²) in [4.78, 5) is 4.14. The fraction of sp³-hybridized carbons (Fsp3) is 0.222. The largest absolute Gasteiger partial charge is 0.484 e. The van der Waals surface area contributed by atoms with Crippen LogP contribution in [0.5, 0.6) is 5.75 Å². The van der Waals surface area contributed by atoms with Crippen molar-refractivity contribution in [1.29, 1.82) is 0 Å². The molecule has 0 aliphatic heterocycles. The predicted molar refractivity (Wildman–Crippen MR) is 85.0 cm³/mol. The summed E-state index contributed by atoms with van der Waals surface area (Å²) in [5.41, 5.74) is 1.98. The van der Waals surface area contributed by atoms with E-state index in [1.54, 1.807) is 0 Å². The predicted octanol–water partition coefficient (Wildman–Crippen LogP) is 4.95. The van der Waals surface area contributed by atoms with Gasteiger partial charge in [-0.1, -0.05) is 23.4 Å². The Balaban J connectivity index is 1.68. The monoisotopic (exact) mass is 348 g/mol. The van der Waals surface area contributed by atoms with Gasteiger partial charge in [-0.2, -0.15) is 18.2 Å². The van der Waals surface area contributed by atoms with Crippen molar-refractivity contribution in [3.63, 3.8) is 0 Å². The summed E-state index contributed by atoms with van der Waals surface area (Å²) < 4.78 is 48.4. The van der Waals surface area contributed by atoms with Crippen LogP contribution in [0, 0.1) is 13.8 Å². The van der Waals surface area contributed by atoms with Gasteiger partial charge in [0.25, 0.3) is 5.89 Å². The van der Waals surface area contributed by atoms with E-state index in [9.17, 15) is 13.2 Å². The van der Waals surface area contributed by atoms with E-state index in [-0.39, 0.29) is 18.3 Å². The average molecular weight is 348 g/mol. The van der Waals surface area contributed by atoms with Gasteiger partial charge < -0.3 is 9.26 Å². The molecular formula is C18H15F3N2O2. The number of benzene rings is 2. The maximum absolute atomic E-state index is 12.6. The molecule has 1 heterocycles. The third kappa shape index (κ3) is 3.99. The van der Waals surface area contributed by atoms with Gasteiger partial charge in [-0.05, 0) is 49.2 Å². The molecule has 0 radical (unpaired) electrons. The second-order valence-corrected chi connectivity index (χ2v) is 5.62. The standard InChI is InChI=1S/C18H15F3N2O2/c1-11-3-8-15(9-12(11)2)24-10-16-22-17(23-25-16)13-4-6-14(7-5-13)18(19,20)21/h3-9H,10H2,1-2H3. The number of nitrogens with zero attached hydrogens (tertiary/aromatic N) is 2. The van der Waals surface area contributed by atoms with Crippen LogP contribution in [-0.2, 0) is 12.8 Å². The number of aromatic nitrogens is 2. The molecule has 0 saturated heterocycles. The van der Waals surface area contributed by atoms with Crippen LogP contribution in [0.4, 0.5) is 13.2 Å². The number of halogens is 3. The summed E-state index contributed by atoms with van der Waals surface area (Å²) in [6.07, 6.45) is -4.37. The lowest BCUT2D eigenvalue weighted by Gasteiger charge is -2.06. The lowest BCUT2D eigenvalue weighted by atomic mass is 10.1. The quantitative estimate of drug-likeness (QED) is 0.669. The van der Waals surface area contributed by atoms with E-state index in [2.05, 4.69) is 10.1 Å². The first kappa shape index (κ1) is 17.0. The topological polar surface area (TPSA) is 48.2 Å². The first-order valence-corrected chi connectivity index (χ1v) is 7.53. The molecule has 0 N–H and O–H groups in total. The van der Waals surface area contributed by atoms with Gasteiger partial charge in [0.2, 0.25) is 5.82 Å². The second kappa shape index (κ2) is 6.58.